The molecule has 0 aliphatic carbocycles. The number of hydrogen-bond acceptors (Lipinski definition) is 4. The molecule has 6 nitrogen and oxygen atoms in total. The van der Waals surface area contributed by atoms with E-state index in [-0.39, 0.29) is 10.6 Å². The van der Waals surface area contributed by atoms with Crippen molar-refractivity contribution in [1.29, 1.82) is 0 Å². The van der Waals surface area contributed by atoms with Crippen LogP contribution in [0.1, 0.15) is 5.56 Å². The van der Waals surface area contributed by atoms with Crippen LogP contribution in [0.5, 0.6) is 5.75 Å². The van der Waals surface area contributed by atoms with Crippen LogP contribution in [-0.2, 0) is 14.8 Å². The minimum atomic E-state index is -4.23. The average molecular weight is 357 g/mol. The summed E-state index contributed by atoms with van der Waals surface area (Å²) in [7, 11) is -4.23. The number of aryl methyl sites for hydroxylation is 1. The maximum absolute atomic E-state index is 13.6. The lowest BCUT2D eigenvalue weighted by Crippen LogP contribution is -2.16. The zero-order valence-corrected chi connectivity index (χ0v) is 13.2. The van der Waals surface area contributed by atoms with Gasteiger partial charge < -0.3 is 9.84 Å². The number of para-hydroxylation sites is 1. The van der Waals surface area contributed by atoms with Crippen LogP contribution in [0.3, 0.4) is 0 Å². The highest BCUT2D eigenvalue weighted by molar-refractivity contribution is 7.92. The van der Waals surface area contributed by atoms with Gasteiger partial charge in [0, 0.05) is 0 Å². The van der Waals surface area contributed by atoms with Gasteiger partial charge in [-0.05, 0) is 42.8 Å². The Hall–Kier alpha value is -2.68. The number of anilines is 1. The Morgan fingerprint density at radius 3 is 2.38 bits per heavy atom. The van der Waals surface area contributed by atoms with Gasteiger partial charge in [-0.3, -0.25) is 4.72 Å². The highest BCUT2D eigenvalue weighted by Crippen LogP contribution is 2.25. The first-order valence-corrected chi connectivity index (χ1v) is 8.11. The SMILES string of the molecule is Cc1cc(S(=O)(=O)Nc2c(F)cccc2F)ccc1OCC(=O)O. The molecule has 0 heterocycles. The van der Waals surface area contributed by atoms with Crippen molar-refractivity contribution in [3.8, 4) is 5.75 Å². The first kappa shape index (κ1) is 17.7. The van der Waals surface area contributed by atoms with Crippen molar-refractivity contribution >= 4 is 21.7 Å². The number of hydrogen-bond donors (Lipinski definition) is 2. The van der Waals surface area contributed by atoms with E-state index in [9.17, 15) is 22.0 Å². The summed E-state index contributed by atoms with van der Waals surface area (Å²) in [5.41, 5.74) is -0.422. The second-order valence-corrected chi connectivity index (χ2v) is 6.49. The molecule has 0 aliphatic heterocycles. The molecule has 2 aromatic rings. The maximum atomic E-state index is 13.6. The Kier molecular flexibility index (Phi) is 5.03. The Morgan fingerprint density at radius 1 is 1.21 bits per heavy atom. The van der Waals surface area contributed by atoms with Crippen molar-refractivity contribution in [2.24, 2.45) is 0 Å². The number of ether oxygens (including phenoxy) is 1. The van der Waals surface area contributed by atoms with Gasteiger partial charge in [0.2, 0.25) is 0 Å². The smallest absolute Gasteiger partial charge is 0.341 e. The third kappa shape index (κ3) is 3.99. The van der Waals surface area contributed by atoms with Crippen LogP contribution in [0.2, 0.25) is 0 Å². The van der Waals surface area contributed by atoms with Crippen molar-refractivity contribution in [3.05, 3.63) is 53.6 Å². The van der Waals surface area contributed by atoms with Crippen LogP contribution >= 0.6 is 0 Å². The van der Waals surface area contributed by atoms with Crippen LogP contribution in [-0.4, -0.2) is 26.1 Å². The van der Waals surface area contributed by atoms with Crippen molar-refractivity contribution in [2.75, 3.05) is 11.3 Å². The third-order valence-electron chi connectivity index (χ3n) is 3.01. The molecule has 0 unspecified atom stereocenters. The van der Waals surface area contributed by atoms with Gasteiger partial charge in [-0.1, -0.05) is 6.07 Å². The second-order valence-electron chi connectivity index (χ2n) is 4.81. The highest BCUT2D eigenvalue weighted by atomic mass is 32.2. The van der Waals surface area contributed by atoms with Gasteiger partial charge in [0.25, 0.3) is 10.0 Å². The molecule has 0 bridgehead atoms. The summed E-state index contributed by atoms with van der Waals surface area (Å²) in [5.74, 6) is -3.08. The topological polar surface area (TPSA) is 92.7 Å². The zero-order chi connectivity index (χ0) is 17.9. The molecule has 0 radical (unpaired) electrons. The first-order valence-electron chi connectivity index (χ1n) is 6.63. The van der Waals surface area contributed by atoms with E-state index in [0.717, 1.165) is 24.3 Å². The Labute approximate surface area is 136 Å². The molecule has 0 fully saturated rings. The molecule has 0 aliphatic rings. The molecule has 0 saturated heterocycles. The monoisotopic (exact) mass is 357 g/mol. The highest BCUT2D eigenvalue weighted by Gasteiger charge is 2.20. The summed E-state index contributed by atoms with van der Waals surface area (Å²) in [6.07, 6.45) is 0. The van der Waals surface area contributed by atoms with Crippen LogP contribution in [0.15, 0.2) is 41.3 Å². The number of rotatable bonds is 6. The Balaban J connectivity index is 2.30. The molecule has 24 heavy (non-hydrogen) atoms. The second kappa shape index (κ2) is 6.83. The molecule has 0 saturated carbocycles. The van der Waals surface area contributed by atoms with E-state index in [0.29, 0.717) is 5.56 Å². The lowest BCUT2D eigenvalue weighted by atomic mass is 10.2. The van der Waals surface area contributed by atoms with Gasteiger partial charge in [0.1, 0.15) is 23.1 Å². The fraction of sp³-hybridized carbons (Fsp3) is 0.133. The molecule has 0 spiro atoms. The van der Waals surface area contributed by atoms with Gasteiger partial charge in [0.05, 0.1) is 4.90 Å². The molecule has 2 rings (SSSR count). The van der Waals surface area contributed by atoms with Crippen LogP contribution < -0.4 is 9.46 Å². The number of sulfonamides is 1. The molecule has 2 aromatic carbocycles. The fourth-order valence-electron chi connectivity index (χ4n) is 1.88. The van der Waals surface area contributed by atoms with E-state index in [2.05, 4.69) is 0 Å². The van der Waals surface area contributed by atoms with Crippen LogP contribution in [0.25, 0.3) is 0 Å². The lowest BCUT2D eigenvalue weighted by Gasteiger charge is -2.12. The van der Waals surface area contributed by atoms with Crippen molar-refractivity contribution in [3.63, 3.8) is 0 Å². The number of benzene rings is 2. The predicted octanol–water partition coefficient (Wildman–Crippen LogP) is 2.54. The number of carboxylic acids is 1. The van der Waals surface area contributed by atoms with E-state index in [1.54, 1.807) is 0 Å². The van der Waals surface area contributed by atoms with Crippen molar-refractivity contribution < 1.29 is 31.8 Å². The van der Waals surface area contributed by atoms with Gasteiger partial charge in [-0.2, -0.15) is 0 Å². The minimum absolute atomic E-state index is 0.188. The van der Waals surface area contributed by atoms with Crippen LogP contribution in [0.4, 0.5) is 14.5 Å². The quantitative estimate of drug-likeness (QED) is 0.829. The molecule has 9 heteroatoms. The van der Waals surface area contributed by atoms with Gasteiger partial charge in [-0.15, -0.1) is 0 Å². The number of nitrogens with one attached hydrogen (secondary N) is 1. The summed E-state index contributed by atoms with van der Waals surface area (Å²) in [6.45, 7) is 0.936. The molecular formula is C15H13F2NO5S. The average Bonchev–Trinajstić information content (AvgIpc) is 2.49. The predicted molar refractivity (Wildman–Crippen MR) is 81.5 cm³/mol. The number of halogens is 2. The number of carbonyl (C=O) groups is 1. The van der Waals surface area contributed by atoms with E-state index >= 15 is 0 Å². The van der Waals surface area contributed by atoms with Gasteiger partial charge >= 0.3 is 5.97 Å². The largest absolute Gasteiger partial charge is 0.482 e. The summed E-state index contributed by atoms with van der Waals surface area (Å²) in [5, 5.41) is 8.56. The first-order chi connectivity index (χ1) is 11.2. The third-order valence-corrected chi connectivity index (χ3v) is 4.35. The lowest BCUT2D eigenvalue weighted by molar-refractivity contribution is -0.139. The summed E-state index contributed by atoms with van der Waals surface area (Å²) in [6, 6.07) is 6.58. The van der Waals surface area contributed by atoms with Gasteiger partial charge in [-0.25, -0.2) is 22.0 Å². The molecule has 2 N–H and O–H groups in total. The summed E-state index contributed by atoms with van der Waals surface area (Å²) >= 11 is 0. The van der Waals surface area contributed by atoms with Crippen LogP contribution in [0, 0.1) is 18.6 Å². The number of carboxylic acid groups (broad SMARTS) is 1. The van der Waals surface area contributed by atoms with E-state index in [1.807, 2.05) is 4.72 Å². The number of aliphatic carboxylic acids is 1. The summed E-state index contributed by atoms with van der Waals surface area (Å²) in [4.78, 5) is 10.2. The van der Waals surface area contributed by atoms with E-state index in [1.165, 1.54) is 19.1 Å². The van der Waals surface area contributed by atoms with Gasteiger partial charge in [0.15, 0.2) is 6.61 Å². The zero-order valence-electron chi connectivity index (χ0n) is 12.4. The molecule has 0 atom stereocenters. The fourth-order valence-corrected chi connectivity index (χ4v) is 3.04. The molecule has 0 amide bonds. The van der Waals surface area contributed by atoms with E-state index < -0.39 is 39.9 Å². The van der Waals surface area contributed by atoms with Crippen molar-refractivity contribution in [2.45, 2.75) is 11.8 Å². The molecular weight excluding hydrogens is 344 g/mol. The minimum Gasteiger partial charge on any atom is -0.482 e. The standard InChI is InChI=1S/C15H13F2NO5S/c1-9-7-10(5-6-13(9)23-8-14(19)20)24(21,22)18-15-11(16)3-2-4-12(15)17/h2-7,18H,8H2,1H3,(H,19,20). The summed E-state index contributed by atoms with van der Waals surface area (Å²) < 4.78 is 58.5. The maximum Gasteiger partial charge on any atom is 0.341 e. The Bertz CT molecular complexity index is 863. The Morgan fingerprint density at radius 2 is 1.83 bits per heavy atom. The molecule has 128 valence electrons. The van der Waals surface area contributed by atoms with Crippen molar-refractivity contribution in [1.82, 2.24) is 0 Å². The van der Waals surface area contributed by atoms with E-state index in [4.69, 9.17) is 9.84 Å². The normalized spacial score (nSPS) is 11.1. The molecule has 0 aromatic heterocycles.